The van der Waals surface area contributed by atoms with E-state index in [9.17, 15) is 4.79 Å². The normalized spacial score (nSPS) is 11.6. The van der Waals surface area contributed by atoms with Crippen LogP contribution in [-0.4, -0.2) is 35.8 Å². The van der Waals surface area contributed by atoms with Crippen molar-refractivity contribution in [1.29, 1.82) is 5.26 Å². The molecule has 0 amide bonds. The molecule has 0 spiro atoms. The van der Waals surface area contributed by atoms with Gasteiger partial charge in [0, 0.05) is 19.9 Å². The zero-order chi connectivity index (χ0) is 13.4. The minimum Gasteiger partial charge on any atom is -0.480 e. The van der Waals surface area contributed by atoms with E-state index < -0.39 is 12.0 Å². The molecule has 0 aromatic carbocycles. The number of hydrogen-bond donors (Lipinski definition) is 2. The predicted molar refractivity (Wildman–Crippen MR) is 65.1 cm³/mol. The average Bonchev–Trinajstić information content (AvgIpc) is 2.38. The molecule has 0 aliphatic rings. The number of rotatable bonds is 7. The molecule has 2 N–H and O–H groups in total. The van der Waals surface area contributed by atoms with Crippen molar-refractivity contribution in [3.05, 3.63) is 23.9 Å². The molecule has 0 radical (unpaired) electrons. The molecule has 0 aliphatic carbocycles. The van der Waals surface area contributed by atoms with Gasteiger partial charge in [-0.1, -0.05) is 0 Å². The number of aliphatic carboxylic acids is 1. The van der Waals surface area contributed by atoms with E-state index in [4.69, 9.17) is 15.1 Å². The molecule has 96 valence electrons. The Kier molecular flexibility index (Phi) is 5.61. The lowest BCUT2D eigenvalue weighted by Gasteiger charge is -2.14. The van der Waals surface area contributed by atoms with Gasteiger partial charge in [-0.05, 0) is 25.0 Å². The third kappa shape index (κ3) is 4.39. The third-order valence-corrected chi connectivity index (χ3v) is 2.35. The molecule has 0 saturated carbocycles. The van der Waals surface area contributed by atoms with E-state index in [0.29, 0.717) is 30.8 Å². The lowest BCUT2D eigenvalue weighted by Crippen LogP contribution is -2.29. The van der Waals surface area contributed by atoms with E-state index >= 15 is 0 Å². The molecule has 1 unspecified atom stereocenters. The van der Waals surface area contributed by atoms with Crippen molar-refractivity contribution in [2.75, 3.05) is 19.0 Å². The standard InChI is InChI=1S/C12H15N3O3/c1-18-6-2-3-10(12(16)17)15-11-5-4-9(7-13)8-14-11/h4-5,8,10H,2-3,6H2,1H3,(H,14,15)(H,16,17). The highest BCUT2D eigenvalue weighted by Crippen LogP contribution is 2.09. The van der Waals surface area contributed by atoms with Gasteiger partial charge in [-0.3, -0.25) is 0 Å². The van der Waals surface area contributed by atoms with E-state index in [1.165, 1.54) is 6.20 Å². The van der Waals surface area contributed by atoms with Gasteiger partial charge < -0.3 is 15.2 Å². The Labute approximate surface area is 105 Å². The van der Waals surface area contributed by atoms with Crippen LogP contribution in [0.25, 0.3) is 0 Å². The van der Waals surface area contributed by atoms with Crippen LogP contribution in [0.1, 0.15) is 18.4 Å². The number of nitrogens with one attached hydrogen (secondary N) is 1. The van der Waals surface area contributed by atoms with Crippen molar-refractivity contribution in [3.63, 3.8) is 0 Å². The Hall–Kier alpha value is -2.13. The minimum atomic E-state index is -0.933. The summed E-state index contributed by atoms with van der Waals surface area (Å²) < 4.78 is 4.88. The van der Waals surface area contributed by atoms with Crippen LogP contribution in [0, 0.1) is 11.3 Å². The lowest BCUT2D eigenvalue weighted by atomic mass is 10.1. The first-order valence-electron chi connectivity index (χ1n) is 5.52. The quantitative estimate of drug-likeness (QED) is 0.706. The molecule has 1 aromatic heterocycles. The van der Waals surface area contributed by atoms with E-state index in [2.05, 4.69) is 10.3 Å². The van der Waals surface area contributed by atoms with Gasteiger partial charge >= 0.3 is 5.97 Å². The van der Waals surface area contributed by atoms with Gasteiger partial charge in [0.2, 0.25) is 0 Å². The maximum atomic E-state index is 11.0. The Bertz CT molecular complexity index is 425. The highest BCUT2D eigenvalue weighted by molar-refractivity contribution is 5.76. The van der Waals surface area contributed by atoms with Gasteiger partial charge in [0.15, 0.2) is 0 Å². The van der Waals surface area contributed by atoms with Crippen molar-refractivity contribution in [3.8, 4) is 6.07 Å². The summed E-state index contributed by atoms with van der Waals surface area (Å²) in [4.78, 5) is 15.0. The number of methoxy groups -OCH3 is 1. The zero-order valence-corrected chi connectivity index (χ0v) is 10.1. The maximum absolute atomic E-state index is 11.0. The second kappa shape index (κ2) is 7.25. The Morgan fingerprint density at radius 1 is 1.67 bits per heavy atom. The Morgan fingerprint density at radius 3 is 2.94 bits per heavy atom. The molecular weight excluding hydrogens is 234 g/mol. The van der Waals surface area contributed by atoms with Crippen LogP contribution in [0.2, 0.25) is 0 Å². The fourth-order valence-corrected chi connectivity index (χ4v) is 1.41. The topological polar surface area (TPSA) is 95.2 Å². The molecule has 0 bridgehead atoms. The molecule has 1 heterocycles. The highest BCUT2D eigenvalue weighted by atomic mass is 16.5. The van der Waals surface area contributed by atoms with Gasteiger partial charge in [-0.15, -0.1) is 0 Å². The first-order chi connectivity index (χ1) is 8.67. The smallest absolute Gasteiger partial charge is 0.326 e. The molecular formula is C12H15N3O3. The molecule has 0 saturated heterocycles. The van der Waals surface area contributed by atoms with E-state index in [1.54, 1.807) is 19.2 Å². The first kappa shape index (κ1) is 13.9. The minimum absolute atomic E-state index is 0.437. The number of ether oxygens (including phenoxy) is 1. The molecule has 0 fully saturated rings. The first-order valence-corrected chi connectivity index (χ1v) is 5.52. The van der Waals surface area contributed by atoms with Crippen LogP contribution in [0.3, 0.4) is 0 Å². The lowest BCUT2D eigenvalue weighted by molar-refractivity contribution is -0.138. The molecule has 0 aliphatic heterocycles. The van der Waals surface area contributed by atoms with Gasteiger partial charge in [-0.25, -0.2) is 9.78 Å². The fourth-order valence-electron chi connectivity index (χ4n) is 1.41. The third-order valence-electron chi connectivity index (χ3n) is 2.35. The Balaban J connectivity index is 2.59. The van der Waals surface area contributed by atoms with Crippen LogP contribution >= 0.6 is 0 Å². The zero-order valence-electron chi connectivity index (χ0n) is 10.1. The van der Waals surface area contributed by atoms with Crippen molar-refractivity contribution in [2.24, 2.45) is 0 Å². The summed E-state index contributed by atoms with van der Waals surface area (Å²) in [5.41, 5.74) is 0.437. The number of carbonyl (C=O) groups is 1. The number of carboxylic acids is 1. The monoisotopic (exact) mass is 249 g/mol. The number of carboxylic acid groups (broad SMARTS) is 1. The highest BCUT2D eigenvalue weighted by Gasteiger charge is 2.16. The van der Waals surface area contributed by atoms with Crippen LogP contribution < -0.4 is 5.32 Å². The number of nitrogens with zero attached hydrogens (tertiary/aromatic N) is 2. The second-order valence-corrected chi connectivity index (χ2v) is 3.71. The summed E-state index contributed by atoms with van der Waals surface area (Å²) in [6.07, 6.45) is 2.50. The summed E-state index contributed by atoms with van der Waals surface area (Å²) in [7, 11) is 1.57. The number of hydrogen-bond acceptors (Lipinski definition) is 5. The fraction of sp³-hybridized carbons (Fsp3) is 0.417. The van der Waals surface area contributed by atoms with Gasteiger partial charge in [0.05, 0.1) is 5.56 Å². The molecule has 1 aromatic rings. The number of aromatic nitrogens is 1. The summed E-state index contributed by atoms with van der Waals surface area (Å²) >= 11 is 0. The predicted octanol–water partition coefficient (Wildman–Crippen LogP) is 1.24. The van der Waals surface area contributed by atoms with Crippen LogP contribution in [0.15, 0.2) is 18.3 Å². The van der Waals surface area contributed by atoms with E-state index in [0.717, 1.165) is 0 Å². The number of pyridine rings is 1. The SMILES string of the molecule is COCCCC(Nc1ccc(C#N)cn1)C(=O)O. The van der Waals surface area contributed by atoms with Crippen molar-refractivity contribution in [2.45, 2.75) is 18.9 Å². The van der Waals surface area contributed by atoms with Gasteiger partial charge in [0.1, 0.15) is 17.9 Å². The van der Waals surface area contributed by atoms with Crippen molar-refractivity contribution < 1.29 is 14.6 Å². The average molecular weight is 249 g/mol. The van der Waals surface area contributed by atoms with Crippen LogP contribution in [0.4, 0.5) is 5.82 Å². The second-order valence-electron chi connectivity index (χ2n) is 3.71. The van der Waals surface area contributed by atoms with Crippen molar-refractivity contribution >= 4 is 11.8 Å². The summed E-state index contributed by atoms with van der Waals surface area (Å²) in [5.74, 6) is -0.490. The van der Waals surface area contributed by atoms with Gasteiger partial charge in [-0.2, -0.15) is 5.26 Å². The summed E-state index contributed by atoms with van der Waals surface area (Å²) in [5, 5.41) is 20.5. The molecule has 18 heavy (non-hydrogen) atoms. The van der Waals surface area contributed by atoms with Crippen LogP contribution in [0.5, 0.6) is 0 Å². The molecule has 1 rings (SSSR count). The number of nitriles is 1. The van der Waals surface area contributed by atoms with E-state index in [1.807, 2.05) is 6.07 Å². The molecule has 6 nitrogen and oxygen atoms in total. The van der Waals surface area contributed by atoms with Crippen molar-refractivity contribution in [1.82, 2.24) is 4.98 Å². The summed E-state index contributed by atoms with van der Waals surface area (Å²) in [6, 6.07) is 4.42. The molecule has 6 heteroatoms. The summed E-state index contributed by atoms with van der Waals surface area (Å²) in [6.45, 7) is 0.520. The largest absolute Gasteiger partial charge is 0.480 e. The van der Waals surface area contributed by atoms with Crippen LogP contribution in [-0.2, 0) is 9.53 Å². The number of anilines is 1. The van der Waals surface area contributed by atoms with Gasteiger partial charge in [0.25, 0.3) is 0 Å². The maximum Gasteiger partial charge on any atom is 0.326 e. The van der Waals surface area contributed by atoms with E-state index in [-0.39, 0.29) is 0 Å². The Morgan fingerprint density at radius 2 is 2.44 bits per heavy atom. The molecule has 1 atom stereocenters.